The number of nitrogens with zero attached hydrogens (tertiary/aromatic N) is 1. The van der Waals surface area contributed by atoms with Crippen LogP contribution in [-0.2, 0) is 9.47 Å². The van der Waals surface area contributed by atoms with Crippen LogP contribution in [0, 0.1) is 10.1 Å². The summed E-state index contributed by atoms with van der Waals surface area (Å²) in [7, 11) is 0. The molecule has 0 aliphatic carbocycles. The Kier molecular flexibility index (Phi) is 7.28. The summed E-state index contributed by atoms with van der Waals surface area (Å²) in [4.78, 5) is 10.4. The lowest BCUT2D eigenvalue weighted by molar-refractivity contribution is -0.385. The minimum Gasteiger partial charge on any atom is -0.487 e. The number of rotatable bonds is 9. The van der Waals surface area contributed by atoms with Gasteiger partial charge in [-0.3, -0.25) is 10.1 Å². The summed E-state index contributed by atoms with van der Waals surface area (Å²) in [5.74, 6) is 0.147. The lowest BCUT2D eigenvalue weighted by Crippen LogP contribution is -2.20. The molecular weight excluding hydrogens is 286 g/mol. The zero-order valence-electron chi connectivity index (χ0n) is 11.5. The first-order valence-electron chi connectivity index (χ1n) is 6.38. The highest BCUT2D eigenvalue weighted by molar-refractivity contribution is 6.30. The predicted molar refractivity (Wildman–Crippen MR) is 75.3 cm³/mol. The summed E-state index contributed by atoms with van der Waals surface area (Å²) in [5.41, 5.74) is -0.112. The van der Waals surface area contributed by atoms with Gasteiger partial charge in [-0.15, -0.1) is 0 Å². The van der Waals surface area contributed by atoms with Crippen molar-refractivity contribution in [3.8, 4) is 5.75 Å². The summed E-state index contributed by atoms with van der Waals surface area (Å²) in [5, 5.41) is 11.3. The molecule has 7 heteroatoms. The van der Waals surface area contributed by atoms with Crippen LogP contribution in [0.4, 0.5) is 5.69 Å². The van der Waals surface area contributed by atoms with E-state index >= 15 is 0 Å². The van der Waals surface area contributed by atoms with Gasteiger partial charge in [-0.25, -0.2) is 0 Å². The third-order valence-corrected chi connectivity index (χ3v) is 2.67. The van der Waals surface area contributed by atoms with Crippen LogP contribution in [0.5, 0.6) is 5.75 Å². The molecule has 0 bridgehead atoms. The van der Waals surface area contributed by atoms with Crippen molar-refractivity contribution in [2.45, 2.75) is 26.6 Å². The van der Waals surface area contributed by atoms with Crippen LogP contribution in [0.3, 0.4) is 0 Å². The minimum absolute atomic E-state index is 0.112. The van der Waals surface area contributed by atoms with Crippen LogP contribution in [0.25, 0.3) is 0 Å². The monoisotopic (exact) mass is 303 g/mol. The molecule has 0 fully saturated rings. The van der Waals surface area contributed by atoms with E-state index < -0.39 is 4.92 Å². The zero-order chi connectivity index (χ0) is 15.0. The predicted octanol–water partition coefficient (Wildman–Crippen LogP) is 3.42. The molecule has 0 amide bonds. The first-order valence-corrected chi connectivity index (χ1v) is 6.76. The van der Waals surface area contributed by atoms with Crippen LogP contribution in [0.2, 0.25) is 5.02 Å². The van der Waals surface area contributed by atoms with Crippen molar-refractivity contribution in [3.63, 3.8) is 0 Å². The van der Waals surface area contributed by atoms with Crippen LogP contribution in [0.1, 0.15) is 20.3 Å². The van der Waals surface area contributed by atoms with Gasteiger partial charge in [0.15, 0.2) is 12.0 Å². The first-order chi connectivity index (χ1) is 9.58. The highest BCUT2D eigenvalue weighted by Crippen LogP contribution is 2.30. The van der Waals surface area contributed by atoms with Gasteiger partial charge in [0.25, 0.3) is 0 Å². The molecule has 1 rings (SSSR count). The van der Waals surface area contributed by atoms with Gasteiger partial charge in [-0.1, -0.05) is 11.6 Å². The Hall–Kier alpha value is -1.37. The molecule has 6 nitrogen and oxygen atoms in total. The molecule has 1 aromatic rings. The maximum Gasteiger partial charge on any atom is 0.311 e. The Morgan fingerprint density at radius 1 is 1.30 bits per heavy atom. The lowest BCUT2D eigenvalue weighted by atomic mass is 10.3. The summed E-state index contributed by atoms with van der Waals surface area (Å²) < 4.78 is 16.1. The molecular formula is C13H18ClNO5. The van der Waals surface area contributed by atoms with Gasteiger partial charge in [0.1, 0.15) is 0 Å². The van der Waals surface area contributed by atoms with E-state index in [9.17, 15) is 10.1 Å². The van der Waals surface area contributed by atoms with Gasteiger partial charge < -0.3 is 14.2 Å². The summed E-state index contributed by atoms with van der Waals surface area (Å²) in [6.07, 6.45) is 0.106. The molecule has 0 radical (unpaired) electrons. The van der Waals surface area contributed by atoms with Gasteiger partial charge in [-0.05, 0) is 19.9 Å². The smallest absolute Gasteiger partial charge is 0.311 e. The molecule has 0 saturated carbocycles. The van der Waals surface area contributed by atoms with Crippen LogP contribution in [-0.4, -0.2) is 31.0 Å². The van der Waals surface area contributed by atoms with E-state index in [-0.39, 0.29) is 24.3 Å². The van der Waals surface area contributed by atoms with Crippen LogP contribution < -0.4 is 4.74 Å². The summed E-state index contributed by atoms with van der Waals surface area (Å²) >= 11 is 5.81. The van der Waals surface area contributed by atoms with Gasteiger partial charge in [0, 0.05) is 36.8 Å². The average molecular weight is 304 g/mol. The molecule has 0 heterocycles. The van der Waals surface area contributed by atoms with Crippen molar-refractivity contribution in [1.82, 2.24) is 0 Å². The fourth-order valence-electron chi connectivity index (χ4n) is 1.61. The molecule has 0 aliphatic rings. The van der Waals surface area contributed by atoms with E-state index in [1.54, 1.807) is 0 Å². The number of hydrogen-bond donors (Lipinski definition) is 0. The molecule has 0 N–H and O–H groups in total. The Bertz CT molecular complexity index is 435. The van der Waals surface area contributed by atoms with Crippen LogP contribution in [0.15, 0.2) is 18.2 Å². The van der Waals surface area contributed by atoms with Gasteiger partial charge >= 0.3 is 5.69 Å². The van der Waals surface area contributed by atoms with Crippen molar-refractivity contribution < 1.29 is 19.1 Å². The van der Waals surface area contributed by atoms with E-state index in [0.29, 0.717) is 24.7 Å². The van der Waals surface area contributed by atoms with Gasteiger partial charge in [0.05, 0.1) is 11.5 Å². The normalized spacial score (nSPS) is 10.8. The molecule has 0 atom stereocenters. The Morgan fingerprint density at radius 2 is 1.95 bits per heavy atom. The molecule has 0 spiro atoms. The summed E-state index contributed by atoms with van der Waals surface area (Å²) in [6, 6.07) is 4.20. The van der Waals surface area contributed by atoms with Gasteiger partial charge in [0.2, 0.25) is 0 Å². The van der Waals surface area contributed by atoms with E-state index in [1.807, 2.05) is 13.8 Å². The zero-order valence-corrected chi connectivity index (χ0v) is 12.3. The topological polar surface area (TPSA) is 70.8 Å². The molecule has 0 unspecified atom stereocenters. The fourth-order valence-corrected chi connectivity index (χ4v) is 1.77. The van der Waals surface area contributed by atoms with Gasteiger partial charge in [-0.2, -0.15) is 0 Å². The van der Waals surface area contributed by atoms with E-state index in [2.05, 4.69) is 0 Å². The van der Waals surface area contributed by atoms with Crippen molar-refractivity contribution in [3.05, 3.63) is 33.3 Å². The van der Waals surface area contributed by atoms with Crippen molar-refractivity contribution in [1.29, 1.82) is 0 Å². The Morgan fingerprint density at radius 3 is 2.50 bits per heavy atom. The molecule has 20 heavy (non-hydrogen) atoms. The lowest BCUT2D eigenvalue weighted by Gasteiger charge is -2.17. The third kappa shape index (κ3) is 5.32. The molecule has 0 aliphatic heterocycles. The van der Waals surface area contributed by atoms with Crippen LogP contribution >= 0.6 is 11.6 Å². The number of hydrogen-bond acceptors (Lipinski definition) is 5. The maximum absolute atomic E-state index is 10.9. The number of halogens is 1. The fraction of sp³-hybridized carbons (Fsp3) is 0.538. The largest absolute Gasteiger partial charge is 0.487 e. The van der Waals surface area contributed by atoms with E-state index in [1.165, 1.54) is 18.2 Å². The highest BCUT2D eigenvalue weighted by atomic mass is 35.5. The quantitative estimate of drug-likeness (QED) is 0.397. The third-order valence-electron chi connectivity index (χ3n) is 2.43. The maximum atomic E-state index is 10.9. The highest BCUT2D eigenvalue weighted by Gasteiger charge is 2.16. The average Bonchev–Trinajstić information content (AvgIpc) is 2.39. The number of ether oxygens (including phenoxy) is 3. The second kappa shape index (κ2) is 8.73. The summed E-state index contributed by atoms with van der Waals surface area (Å²) in [6.45, 7) is 5.04. The minimum atomic E-state index is -0.506. The second-order valence-corrected chi connectivity index (χ2v) is 4.28. The van der Waals surface area contributed by atoms with Crippen molar-refractivity contribution in [2.24, 2.45) is 0 Å². The number of nitro benzene ring substituents is 1. The molecule has 112 valence electrons. The SMILES string of the molecule is CCOC(CCOc1cc(Cl)ccc1[N+](=O)[O-])OCC. The van der Waals surface area contributed by atoms with E-state index in [4.69, 9.17) is 25.8 Å². The number of benzene rings is 1. The molecule has 0 saturated heterocycles. The standard InChI is InChI=1S/C13H18ClNO5/c1-3-18-13(19-4-2)7-8-20-12-9-10(14)5-6-11(12)15(16)17/h5-6,9,13H,3-4,7-8H2,1-2H3. The Balaban J connectivity index is 2.60. The Labute approximate surface area is 122 Å². The first kappa shape index (κ1) is 16.7. The molecule has 0 aromatic heterocycles. The second-order valence-electron chi connectivity index (χ2n) is 3.85. The molecule has 1 aromatic carbocycles. The number of nitro groups is 1. The van der Waals surface area contributed by atoms with E-state index in [0.717, 1.165) is 0 Å². The van der Waals surface area contributed by atoms with Crippen molar-refractivity contribution >= 4 is 17.3 Å². The van der Waals surface area contributed by atoms with Crippen molar-refractivity contribution in [2.75, 3.05) is 19.8 Å².